The van der Waals surface area contributed by atoms with Crippen molar-refractivity contribution in [3.05, 3.63) is 63.9 Å². The highest BCUT2D eigenvalue weighted by Gasteiger charge is 2.27. The molecule has 2 aromatic carbocycles. The molecule has 40 heavy (non-hydrogen) atoms. The molecule has 0 atom stereocenters. The number of hydrogen-bond donors (Lipinski definition) is 2. The predicted molar refractivity (Wildman–Crippen MR) is 161 cm³/mol. The Morgan fingerprint density at radius 2 is 1.80 bits per heavy atom. The molecule has 1 aliphatic rings. The van der Waals surface area contributed by atoms with E-state index in [2.05, 4.69) is 20.8 Å². The number of halogens is 3. The molecule has 1 aromatic heterocycles. The Bertz CT molecular complexity index is 1310. The molecule has 2 heterocycles. The summed E-state index contributed by atoms with van der Waals surface area (Å²) in [5.74, 6) is -0.650. The number of rotatable bonds is 11. The molecule has 0 saturated carbocycles. The summed E-state index contributed by atoms with van der Waals surface area (Å²) in [6.07, 6.45) is 0. The molecule has 3 aromatic rings. The van der Waals surface area contributed by atoms with E-state index in [0.29, 0.717) is 26.2 Å². The number of anilines is 1. The molecule has 4 rings (SSSR count). The fraction of sp³-hybridized carbons (Fsp3) is 0.407. The van der Waals surface area contributed by atoms with Crippen molar-refractivity contribution in [2.45, 2.75) is 33.9 Å². The molecule has 218 valence electrons. The highest BCUT2D eigenvalue weighted by molar-refractivity contribution is 7.14. The number of amides is 2. The number of aromatic nitrogens is 2. The van der Waals surface area contributed by atoms with Crippen LogP contribution < -0.4 is 10.6 Å². The lowest BCUT2D eigenvalue weighted by Gasteiger charge is -2.31. The van der Waals surface area contributed by atoms with Gasteiger partial charge in [0.1, 0.15) is 22.4 Å². The van der Waals surface area contributed by atoms with Gasteiger partial charge in [0, 0.05) is 44.5 Å². The second-order valence-electron chi connectivity index (χ2n) is 9.33. The van der Waals surface area contributed by atoms with Gasteiger partial charge < -0.3 is 15.5 Å². The number of likely N-dealkylation sites (N-methyl/N-ethyl adjacent to an activating group) is 2. The monoisotopic (exact) mass is 611 g/mol. The summed E-state index contributed by atoms with van der Waals surface area (Å²) in [5.41, 5.74) is 4.69. The van der Waals surface area contributed by atoms with E-state index in [-0.39, 0.29) is 55.5 Å². The van der Waals surface area contributed by atoms with Crippen molar-refractivity contribution in [3.8, 4) is 10.6 Å². The van der Waals surface area contributed by atoms with Gasteiger partial charge in [-0.15, -0.1) is 35.0 Å². The van der Waals surface area contributed by atoms with Gasteiger partial charge in [-0.2, -0.15) is 0 Å². The first-order chi connectivity index (χ1) is 18.2. The van der Waals surface area contributed by atoms with Gasteiger partial charge in [0.2, 0.25) is 5.91 Å². The van der Waals surface area contributed by atoms with Crippen molar-refractivity contribution in [1.82, 2.24) is 30.4 Å². The zero-order valence-corrected chi connectivity index (χ0v) is 25.5. The van der Waals surface area contributed by atoms with E-state index >= 15 is 0 Å². The standard InChI is InChI=1S/C27H34FN7O2S.2ClH/c1-5-29-10-11-34(17-26(37)33(4)35-15-21-6-8-23(28)13-22(21)16-35)25(36)14-30-24-9-7-20(12-18(24)2)27-32-31-19(3)38-27;;/h6-9,12-13,29-30H,5,10-11,14-17H2,1-4H3;2*1H. The van der Waals surface area contributed by atoms with E-state index in [4.69, 9.17) is 0 Å². The van der Waals surface area contributed by atoms with Crippen LogP contribution in [0, 0.1) is 19.7 Å². The summed E-state index contributed by atoms with van der Waals surface area (Å²) in [6.45, 7) is 8.66. The number of carbonyl (C=O) groups is 2. The second kappa shape index (κ2) is 15.2. The van der Waals surface area contributed by atoms with Crippen molar-refractivity contribution in [3.63, 3.8) is 0 Å². The van der Waals surface area contributed by atoms with E-state index in [1.54, 1.807) is 18.0 Å². The average molecular weight is 613 g/mol. The fourth-order valence-corrected chi connectivity index (χ4v) is 5.04. The highest BCUT2D eigenvalue weighted by Crippen LogP contribution is 2.27. The third kappa shape index (κ3) is 8.34. The van der Waals surface area contributed by atoms with Crippen LogP contribution in [0.5, 0.6) is 0 Å². The molecule has 0 saturated heterocycles. The first-order valence-corrected chi connectivity index (χ1v) is 13.5. The molecule has 0 unspecified atom stereocenters. The minimum Gasteiger partial charge on any atom is -0.376 e. The van der Waals surface area contributed by atoms with Crippen molar-refractivity contribution in [2.75, 3.05) is 45.1 Å². The topological polar surface area (TPSA) is 93.7 Å². The van der Waals surface area contributed by atoms with E-state index in [1.807, 2.05) is 44.0 Å². The molecular formula is C27H36Cl2FN7O2S. The maximum absolute atomic E-state index is 13.6. The maximum Gasteiger partial charge on any atom is 0.256 e. The molecule has 13 heteroatoms. The van der Waals surface area contributed by atoms with Crippen LogP contribution in [0.1, 0.15) is 28.6 Å². The number of benzene rings is 2. The van der Waals surface area contributed by atoms with E-state index in [0.717, 1.165) is 44.5 Å². The van der Waals surface area contributed by atoms with Gasteiger partial charge in [-0.05, 0) is 67.4 Å². The van der Waals surface area contributed by atoms with Crippen LogP contribution in [-0.2, 0) is 22.7 Å². The van der Waals surface area contributed by atoms with Gasteiger partial charge >= 0.3 is 0 Å². The zero-order chi connectivity index (χ0) is 27.2. The molecule has 0 bridgehead atoms. The minimum atomic E-state index is -0.285. The lowest BCUT2D eigenvalue weighted by atomic mass is 10.1. The van der Waals surface area contributed by atoms with Crippen LogP contribution in [0.3, 0.4) is 0 Å². The highest BCUT2D eigenvalue weighted by atomic mass is 35.5. The Labute approximate surface area is 250 Å². The summed E-state index contributed by atoms with van der Waals surface area (Å²) in [6, 6.07) is 10.6. The number of nitrogens with zero attached hydrogens (tertiary/aromatic N) is 5. The molecule has 1 aliphatic heterocycles. The van der Waals surface area contributed by atoms with Crippen molar-refractivity contribution < 1.29 is 14.0 Å². The normalized spacial score (nSPS) is 12.2. The van der Waals surface area contributed by atoms with E-state index < -0.39 is 0 Å². The maximum atomic E-state index is 13.6. The summed E-state index contributed by atoms with van der Waals surface area (Å²) in [5, 5.41) is 19.9. The lowest BCUT2D eigenvalue weighted by Crippen LogP contribution is -2.49. The van der Waals surface area contributed by atoms with Crippen molar-refractivity contribution in [1.29, 1.82) is 0 Å². The summed E-state index contributed by atoms with van der Waals surface area (Å²) < 4.78 is 13.6. The van der Waals surface area contributed by atoms with Crippen LogP contribution in [0.15, 0.2) is 36.4 Å². The number of hydrogen-bond acceptors (Lipinski definition) is 8. The van der Waals surface area contributed by atoms with Gasteiger partial charge in [0.25, 0.3) is 5.91 Å². The fourth-order valence-electron chi connectivity index (χ4n) is 4.35. The number of aryl methyl sites for hydroxylation is 2. The van der Waals surface area contributed by atoms with Crippen molar-refractivity contribution in [2.24, 2.45) is 0 Å². The summed E-state index contributed by atoms with van der Waals surface area (Å²) in [7, 11) is 1.69. The Morgan fingerprint density at radius 1 is 1.05 bits per heavy atom. The zero-order valence-electron chi connectivity index (χ0n) is 23.1. The second-order valence-corrected chi connectivity index (χ2v) is 10.5. The molecule has 9 nitrogen and oxygen atoms in total. The Balaban J connectivity index is 0.00000280. The Hall–Kier alpha value is -2.83. The van der Waals surface area contributed by atoms with E-state index in [1.165, 1.54) is 28.5 Å². The van der Waals surface area contributed by atoms with Crippen LogP contribution in [0.2, 0.25) is 0 Å². The van der Waals surface area contributed by atoms with Gasteiger partial charge in [-0.25, -0.2) is 9.40 Å². The predicted octanol–water partition coefficient (Wildman–Crippen LogP) is 4.04. The third-order valence-corrected chi connectivity index (χ3v) is 7.46. The van der Waals surface area contributed by atoms with Crippen molar-refractivity contribution >= 4 is 53.7 Å². The van der Waals surface area contributed by atoms with Crippen LogP contribution >= 0.6 is 36.2 Å². The molecule has 0 fully saturated rings. The van der Waals surface area contributed by atoms with Crippen LogP contribution in [0.25, 0.3) is 10.6 Å². The average Bonchev–Trinajstić information content (AvgIpc) is 3.52. The first-order valence-electron chi connectivity index (χ1n) is 12.7. The Kier molecular flexibility index (Phi) is 12.7. The van der Waals surface area contributed by atoms with Crippen LogP contribution in [-0.4, -0.2) is 76.7 Å². The first kappa shape index (κ1) is 33.4. The minimum absolute atomic E-state index is 0. The SMILES string of the molecule is CCNCCN(CC(=O)N(C)N1Cc2ccc(F)cc2C1)C(=O)CNc1ccc(-c2nnc(C)s2)cc1C.Cl.Cl. The summed E-state index contributed by atoms with van der Waals surface area (Å²) in [4.78, 5) is 27.9. The quantitative estimate of drug-likeness (QED) is 0.316. The Morgan fingerprint density at radius 3 is 2.48 bits per heavy atom. The molecule has 2 N–H and O–H groups in total. The molecule has 0 radical (unpaired) electrons. The lowest BCUT2D eigenvalue weighted by molar-refractivity contribution is -0.151. The smallest absolute Gasteiger partial charge is 0.256 e. The third-order valence-electron chi connectivity index (χ3n) is 6.58. The molecule has 0 aliphatic carbocycles. The summed E-state index contributed by atoms with van der Waals surface area (Å²) >= 11 is 1.54. The molecule has 0 spiro atoms. The number of hydrazine groups is 1. The number of fused-ring (bicyclic) bond motifs is 1. The van der Waals surface area contributed by atoms with E-state index in [9.17, 15) is 14.0 Å². The number of nitrogens with one attached hydrogen (secondary N) is 2. The number of carbonyl (C=O) groups excluding carboxylic acids is 2. The largest absolute Gasteiger partial charge is 0.376 e. The van der Waals surface area contributed by atoms with Gasteiger partial charge in [0.05, 0.1) is 6.54 Å². The molecule has 2 amide bonds. The van der Waals surface area contributed by atoms with Gasteiger partial charge in [0.15, 0.2) is 0 Å². The molecular weight excluding hydrogens is 576 g/mol. The van der Waals surface area contributed by atoms with Gasteiger partial charge in [-0.3, -0.25) is 14.6 Å². The van der Waals surface area contributed by atoms with Crippen LogP contribution in [0.4, 0.5) is 10.1 Å². The van der Waals surface area contributed by atoms with Gasteiger partial charge in [-0.1, -0.05) is 24.3 Å².